The topological polar surface area (TPSA) is 74.3 Å². The van der Waals surface area contributed by atoms with E-state index in [-0.39, 0.29) is 0 Å². The van der Waals surface area contributed by atoms with Crippen LogP contribution in [0.25, 0.3) is 10.9 Å². The number of nitrogens with one attached hydrogen (secondary N) is 2. The van der Waals surface area contributed by atoms with Crippen molar-refractivity contribution >= 4 is 32.8 Å². The Morgan fingerprint density at radius 2 is 2.08 bits per heavy atom. The molecule has 136 valence electrons. The zero-order chi connectivity index (χ0) is 18.5. The molecule has 0 saturated heterocycles. The summed E-state index contributed by atoms with van der Waals surface area (Å²) in [4.78, 5) is 14.9. The number of halogens is 1. The fraction of sp³-hybridized carbons (Fsp3) is 0.250. The zero-order valence-electron chi connectivity index (χ0n) is 14.5. The van der Waals surface area contributed by atoms with E-state index in [1.807, 2.05) is 55.6 Å². The molecule has 0 unspecified atom stereocenters. The molecule has 0 aliphatic carbocycles. The molecule has 1 atom stereocenters. The van der Waals surface area contributed by atoms with Crippen LogP contribution in [0.5, 0.6) is 5.75 Å². The number of hydrogen-bond donors (Lipinski definition) is 3. The van der Waals surface area contributed by atoms with Crippen molar-refractivity contribution in [2.24, 2.45) is 0 Å². The Morgan fingerprint density at radius 3 is 2.85 bits per heavy atom. The number of benzene rings is 2. The van der Waals surface area contributed by atoms with Gasteiger partial charge in [0.1, 0.15) is 11.8 Å². The summed E-state index contributed by atoms with van der Waals surface area (Å²) < 4.78 is 6.57. The highest BCUT2D eigenvalue weighted by Crippen LogP contribution is 2.24. The molecule has 1 heterocycles. The van der Waals surface area contributed by atoms with Crippen molar-refractivity contribution in [3.05, 3.63) is 64.3 Å². The maximum absolute atomic E-state index is 11.7. The average molecular weight is 417 g/mol. The summed E-state index contributed by atoms with van der Waals surface area (Å²) in [5.41, 5.74) is 2.92. The molecule has 0 fully saturated rings. The molecule has 0 amide bonds. The molecule has 1 aromatic heterocycles. The lowest BCUT2D eigenvalue weighted by Crippen LogP contribution is -2.38. The molecule has 0 aliphatic heterocycles. The molecule has 0 aliphatic rings. The van der Waals surface area contributed by atoms with Crippen molar-refractivity contribution in [3.8, 4) is 5.75 Å². The minimum absolute atomic E-state index is 0.400. The summed E-state index contributed by atoms with van der Waals surface area (Å²) in [6.45, 7) is 2.90. The second-order valence-electron chi connectivity index (χ2n) is 6.02. The molecule has 26 heavy (non-hydrogen) atoms. The smallest absolute Gasteiger partial charge is 0.321 e. The van der Waals surface area contributed by atoms with E-state index in [0.717, 1.165) is 32.3 Å². The molecule has 3 aromatic rings. The predicted octanol–water partition coefficient (Wildman–Crippen LogP) is 4.11. The van der Waals surface area contributed by atoms with E-state index in [2.05, 4.69) is 26.2 Å². The normalized spacial score (nSPS) is 12.2. The fourth-order valence-corrected chi connectivity index (χ4v) is 3.39. The standard InChI is InChI=1S/C20H21BrN2O3/c1-2-26-19-8-7-15(21)9-14(19)12-23-18(20(24)25)10-13-11-22-17-6-4-3-5-16(13)17/h3-9,11,18,22-23H,2,10,12H2,1H3,(H,24,25)/t18-/m0/s1. The SMILES string of the molecule is CCOc1ccc(Br)cc1CN[C@@H](Cc1c[nH]c2ccccc12)C(=O)O. The van der Waals surface area contributed by atoms with Crippen LogP contribution in [0.1, 0.15) is 18.1 Å². The van der Waals surface area contributed by atoms with Crippen molar-refractivity contribution in [3.63, 3.8) is 0 Å². The summed E-state index contributed by atoms with van der Waals surface area (Å²) in [5.74, 6) is -0.109. The molecule has 0 radical (unpaired) electrons. The van der Waals surface area contributed by atoms with E-state index in [4.69, 9.17) is 4.74 Å². The minimum Gasteiger partial charge on any atom is -0.494 e. The second kappa shape index (κ2) is 8.38. The number of aromatic amines is 1. The first-order chi connectivity index (χ1) is 12.6. The Bertz CT molecular complexity index is 907. The van der Waals surface area contributed by atoms with Crippen LogP contribution in [0.15, 0.2) is 53.1 Å². The van der Waals surface area contributed by atoms with Crippen LogP contribution in [0.2, 0.25) is 0 Å². The van der Waals surface area contributed by atoms with Crippen LogP contribution >= 0.6 is 15.9 Å². The van der Waals surface area contributed by atoms with Gasteiger partial charge < -0.3 is 14.8 Å². The summed E-state index contributed by atoms with van der Waals surface area (Å²) in [6, 6.07) is 13.0. The predicted molar refractivity (Wildman–Crippen MR) is 106 cm³/mol. The third-order valence-corrected chi connectivity index (χ3v) is 4.75. The lowest BCUT2D eigenvalue weighted by atomic mass is 10.0. The first-order valence-electron chi connectivity index (χ1n) is 8.51. The maximum Gasteiger partial charge on any atom is 0.321 e. The van der Waals surface area contributed by atoms with Gasteiger partial charge in [0.15, 0.2) is 0 Å². The van der Waals surface area contributed by atoms with Gasteiger partial charge in [-0.15, -0.1) is 0 Å². The van der Waals surface area contributed by atoms with Crippen molar-refractivity contribution < 1.29 is 14.6 Å². The Balaban J connectivity index is 1.76. The van der Waals surface area contributed by atoms with Gasteiger partial charge in [-0.1, -0.05) is 34.1 Å². The highest BCUT2D eigenvalue weighted by Gasteiger charge is 2.20. The van der Waals surface area contributed by atoms with Gasteiger partial charge in [-0.05, 0) is 36.8 Å². The van der Waals surface area contributed by atoms with Crippen LogP contribution in [-0.2, 0) is 17.8 Å². The Morgan fingerprint density at radius 1 is 1.27 bits per heavy atom. The van der Waals surface area contributed by atoms with Crippen molar-refractivity contribution in [1.29, 1.82) is 0 Å². The van der Waals surface area contributed by atoms with Crippen molar-refractivity contribution in [2.45, 2.75) is 25.9 Å². The second-order valence-corrected chi connectivity index (χ2v) is 6.94. The van der Waals surface area contributed by atoms with Crippen LogP contribution in [0.3, 0.4) is 0 Å². The molecule has 0 saturated carbocycles. The summed E-state index contributed by atoms with van der Waals surface area (Å²) >= 11 is 3.46. The van der Waals surface area contributed by atoms with Gasteiger partial charge in [-0.2, -0.15) is 0 Å². The van der Waals surface area contributed by atoms with E-state index >= 15 is 0 Å². The molecule has 3 N–H and O–H groups in total. The van der Waals surface area contributed by atoms with E-state index in [9.17, 15) is 9.90 Å². The Kier molecular flexibility index (Phi) is 5.96. The number of aromatic nitrogens is 1. The van der Waals surface area contributed by atoms with Gasteiger partial charge in [0.2, 0.25) is 0 Å². The van der Waals surface area contributed by atoms with E-state index in [0.29, 0.717) is 19.6 Å². The first kappa shape index (κ1) is 18.5. The number of ether oxygens (including phenoxy) is 1. The van der Waals surface area contributed by atoms with E-state index in [1.165, 1.54) is 0 Å². The number of hydrogen-bond acceptors (Lipinski definition) is 3. The number of rotatable bonds is 8. The van der Waals surface area contributed by atoms with Gasteiger partial charge in [-0.25, -0.2) is 0 Å². The number of aliphatic carboxylic acids is 1. The molecule has 6 heteroatoms. The number of fused-ring (bicyclic) bond motifs is 1. The van der Waals surface area contributed by atoms with Crippen molar-refractivity contribution in [1.82, 2.24) is 10.3 Å². The monoisotopic (exact) mass is 416 g/mol. The lowest BCUT2D eigenvalue weighted by Gasteiger charge is -2.16. The molecule has 3 rings (SSSR count). The quantitative estimate of drug-likeness (QED) is 0.516. The molecule has 2 aromatic carbocycles. The maximum atomic E-state index is 11.7. The lowest BCUT2D eigenvalue weighted by molar-refractivity contribution is -0.139. The molecular formula is C20H21BrN2O3. The van der Waals surface area contributed by atoms with Gasteiger partial charge in [-0.3, -0.25) is 10.1 Å². The van der Waals surface area contributed by atoms with E-state index in [1.54, 1.807) is 0 Å². The molecule has 0 bridgehead atoms. The molecule has 5 nitrogen and oxygen atoms in total. The Hall–Kier alpha value is -2.31. The van der Waals surface area contributed by atoms with Crippen molar-refractivity contribution in [2.75, 3.05) is 6.61 Å². The van der Waals surface area contributed by atoms with Crippen LogP contribution in [0.4, 0.5) is 0 Å². The molecular weight excluding hydrogens is 396 g/mol. The number of carboxylic acids is 1. The van der Waals surface area contributed by atoms with Crippen LogP contribution in [0, 0.1) is 0 Å². The summed E-state index contributed by atoms with van der Waals surface area (Å²) in [7, 11) is 0. The number of carbonyl (C=O) groups is 1. The van der Waals surface area contributed by atoms with Gasteiger partial charge in [0.25, 0.3) is 0 Å². The van der Waals surface area contributed by atoms with E-state index < -0.39 is 12.0 Å². The van der Waals surface area contributed by atoms with Gasteiger partial charge in [0, 0.05) is 40.1 Å². The zero-order valence-corrected chi connectivity index (χ0v) is 16.0. The molecule has 0 spiro atoms. The number of carboxylic acid groups (broad SMARTS) is 1. The highest BCUT2D eigenvalue weighted by molar-refractivity contribution is 9.10. The van der Waals surface area contributed by atoms with Gasteiger partial charge >= 0.3 is 5.97 Å². The fourth-order valence-electron chi connectivity index (χ4n) is 2.98. The third-order valence-electron chi connectivity index (χ3n) is 4.26. The summed E-state index contributed by atoms with van der Waals surface area (Å²) in [5, 5.41) is 13.8. The Labute approximate surface area is 160 Å². The highest BCUT2D eigenvalue weighted by atomic mass is 79.9. The summed E-state index contributed by atoms with van der Waals surface area (Å²) in [6.07, 6.45) is 2.28. The van der Waals surface area contributed by atoms with Crippen LogP contribution < -0.4 is 10.1 Å². The number of para-hydroxylation sites is 1. The first-order valence-corrected chi connectivity index (χ1v) is 9.30. The van der Waals surface area contributed by atoms with Crippen LogP contribution in [-0.4, -0.2) is 28.7 Å². The minimum atomic E-state index is -0.872. The third kappa shape index (κ3) is 4.26. The average Bonchev–Trinajstić information content (AvgIpc) is 3.03. The van der Waals surface area contributed by atoms with Gasteiger partial charge in [0.05, 0.1) is 6.61 Å². The largest absolute Gasteiger partial charge is 0.494 e. The number of H-pyrrole nitrogens is 1.